The largest absolute Gasteiger partial charge is 0.296 e. The number of halogens is 2. The fraction of sp³-hybridized carbons (Fsp3) is 0.500. The molecule has 0 aromatic heterocycles. The zero-order valence-corrected chi connectivity index (χ0v) is 13.1. The number of carbonyl (C=O) groups excluding carboxylic acids is 2. The third-order valence-corrected chi connectivity index (χ3v) is 5.34. The van der Waals surface area contributed by atoms with E-state index in [4.69, 9.17) is 23.2 Å². The van der Waals surface area contributed by atoms with Gasteiger partial charge in [-0.1, -0.05) is 42.1 Å². The van der Waals surface area contributed by atoms with Crippen molar-refractivity contribution < 1.29 is 9.59 Å². The second-order valence-electron chi connectivity index (χ2n) is 5.93. The van der Waals surface area contributed by atoms with Crippen LogP contribution in [0.15, 0.2) is 18.2 Å². The van der Waals surface area contributed by atoms with E-state index < -0.39 is 0 Å². The van der Waals surface area contributed by atoms with Crippen molar-refractivity contribution in [2.45, 2.75) is 38.0 Å². The molecule has 1 N–H and O–H groups in total. The molecule has 21 heavy (non-hydrogen) atoms. The molecule has 0 radical (unpaired) electrons. The summed E-state index contributed by atoms with van der Waals surface area (Å²) in [6.07, 6.45) is 4.63. The Kier molecular flexibility index (Phi) is 4.23. The van der Waals surface area contributed by atoms with Crippen LogP contribution in [0.3, 0.4) is 0 Å². The SMILES string of the molecule is O=C1CC(c2c(Cl)cccc2Cl)C(C2CCCC2)C(=O)N1. The van der Waals surface area contributed by atoms with E-state index in [9.17, 15) is 9.59 Å². The van der Waals surface area contributed by atoms with Crippen LogP contribution in [0.25, 0.3) is 0 Å². The molecule has 2 amide bonds. The Morgan fingerprint density at radius 1 is 1.05 bits per heavy atom. The van der Waals surface area contributed by atoms with Crippen LogP contribution in [-0.4, -0.2) is 11.8 Å². The van der Waals surface area contributed by atoms with Gasteiger partial charge in [-0.05, 0) is 36.5 Å². The summed E-state index contributed by atoms with van der Waals surface area (Å²) in [6, 6.07) is 5.32. The van der Waals surface area contributed by atoms with Crippen molar-refractivity contribution in [3.63, 3.8) is 0 Å². The maximum Gasteiger partial charge on any atom is 0.230 e. The molecule has 1 saturated heterocycles. The Hall–Kier alpha value is -1.06. The van der Waals surface area contributed by atoms with Crippen LogP contribution in [0.1, 0.15) is 43.6 Å². The summed E-state index contributed by atoms with van der Waals surface area (Å²) in [6.45, 7) is 0. The van der Waals surface area contributed by atoms with Gasteiger partial charge in [-0.15, -0.1) is 0 Å². The van der Waals surface area contributed by atoms with Gasteiger partial charge >= 0.3 is 0 Å². The van der Waals surface area contributed by atoms with Crippen molar-refractivity contribution in [3.8, 4) is 0 Å². The van der Waals surface area contributed by atoms with Crippen LogP contribution in [0.4, 0.5) is 0 Å². The molecular formula is C16H17Cl2NO2. The molecule has 2 atom stereocenters. The second kappa shape index (κ2) is 5.98. The van der Waals surface area contributed by atoms with Crippen LogP contribution in [-0.2, 0) is 9.59 Å². The van der Waals surface area contributed by atoms with E-state index in [1.54, 1.807) is 18.2 Å². The number of hydrogen-bond donors (Lipinski definition) is 1. The molecule has 3 rings (SSSR count). The standard InChI is InChI=1S/C16H17Cl2NO2/c17-11-6-3-7-12(18)15(11)10-8-13(20)19-16(21)14(10)9-4-1-2-5-9/h3,6-7,9-10,14H,1-2,4-5,8H2,(H,19,20,21). The molecule has 2 aliphatic rings. The van der Waals surface area contributed by atoms with Crippen molar-refractivity contribution >= 4 is 35.0 Å². The minimum Gasteiger partial charge on any atom is -0.296 e. The number of nitrogens with one attached hydrogen (secondary N) is 1. The van der Waals surface area contributed by atoms with E-state index in [0.717, 1.165) is 31.2 Å². The molecular weight excluding hydrogens is 309 g/mol. The van der Waals surface area contributed by atoms with Crippen molar-refractivity contribution in [3.05, 3.63) is 33.8 Å². The summed E-state index contributed by atoms with van der Waals surface area (Å²) in [5, 5.41) is 3.56. The van der Waals surface area contributed by atoms with Crippen LogP contribution in [0.2, 0.25) is 10.0 Å². The highest BCUT2D eigenvalue weighted by molar-refractivity contribution is 6.36. The molecule has 3 nitrogen and oxygen atoms in total. The van der Waals surface area contributed by atoms with Gasteiger partial charge < -0.3 is 0 Å². The van der Waals surface area contributed by atoms with E-state index in [-0.39, 0.29) is 30.1 Å². The number of benzene rings is 1. The van der Waals surface area contributed by atoms with Gasteiger partial charge in [-0.25, -0.2) is 0 Å². The Morgan fingerprint density at radius 2 is 1.67 bits per heavy atom. The predicted molar refractivity (Wildman–Crippen MR) is 82.4 cm³/mol. The number of imide groups is 1. The highest BCUT2D eigenvalue weighted by Crippen LogP contribution is 2.46. The van der Waals surface area contributed by atoms with Crippen molar-refractivity contribution in [1.82, 2.24) is 5.32 Å². The third-order valence-electron chi connectivity index (χ3n) is 4.68. The highest BCUT2D eigenvalue weighted by atomic mass is 35.5. The van der Waals surface area contributed by atoms with Crippen molar-refractivity contribution in [1.29, 1.82) is 0 Å². The van der Waals surface area contributed by atoms with Gasteiger partial charge in [0.1, 0.15) is 0 Å². The van der Waals surface area contributed by atoms with Gasteiger partial charge in [0.2, 0.25) is 11.8 Å². The van der Waals surface area contributed by atoms with Crippen LogP contribution < -0.4 is 5.32 Å². The van der Waals surface area contributed by atoms with Crippen LogP contribution in [0, 0.1) is 11.8 Å². The average molecular weight is 326 g/mol. The minimum atomic E-state index is -0.241. The van der Waals surface area contributed by atoms with Crippen LogP contribution >= 0.6 is 23.2 Å². The smallest absolute Gasteiger partial charge is 0.230 e. The summed E-state index contributed by atoms with van der Waals surface area (Å²) < 4.78 is 0. The fourth-order valence-electron chi connectivity index (χ4n) is 3.79. The van der Waals surface area contributed by atoms with Gasteiger partial charge in [0, 0.05) is 28.3 Å². The second-order valence-corrected chi connectivity index (χ2v) is 6.74. The first-order chi connectivity index (χ1) is 10.1. The van der Waals surface area contributed by atoms with Gasteiger partial charge in [0.05, 0.1) is 0 Å². The molecule has 1 aliphatic carbocycles. The topological polar surface area (TPSA) is 46.2 Å². The van der Waals surface area contributed by atoms with Gasteiger partial charge in [-0.2, -0.15) is 0 Å². The molecule has 0 spiro atoms. The number of amides is 2. The maximum atomic E-state index is 12.4. The maximum absolute atomic E-state index is 12.4. The molecule has 112 valence electrons. The zero-order chi connectivity index (χ0) is 15.0. The monoisotopic (exact) mass is 325 g/mol. The van der Waals surface area contributed by atoms with E-state index in [0.29, 0.717) is 16.0 Å². The van der Waals surface area contributed by atoms with E-state index in [1.807, 2.05) is 0 Å². The predicted octanol–water partition coefficient (Wildman–Crippen LogP) is 3.93. The lowest BCUT2D eigenvalue weighted by Crippen LogP contribution is -2.47. The summed E-state index contributed by atoms with van der Waals surface area (Å²) in [4.78, 5) is 24.2. The highest BCUT2D eigenvalue weighted by Gasteiger charge is 2.43. The third kappa shape index (κ3) is 2.82. The molecule has 2 fully saturated rings. The number of rotatable bonds is 2. The molecule has 5 heteroatoms. The lowest BCUT2D eigenvalue weighted by atomic mass is 9.73. The first-order valence-electron chi connectivity index (χ1n) is 7.35. The average Bonchev–Trinajstić information content (AvgIpc) is 2.91. The first-order valence-corrected chi connectivity index (χ1v) is 8.11. The Balaban J connectivity index is 2.02. The zero-order valence-electron chi connectivity index (χ0n) is 11.6. The van der Waals surface area contributed by atoms with E-state index in [1.165, 1.54) is 0 Å². The van der Waals surface area contributed by atoms with Gasteiger partial charge in [0.15, 0.2) is 0 Å². The number of carbonyl (C=O) groups is 2. The lowest BCUT2D eigenvalue weighted by Gasteiger charge is -2.35. The quantitative estimate of drug-likeness (QED) is 0.837. The molecule has 1 aromatic rings. The summed E-state index contributed by atoms with van der Waals surface area (Å²) >= 11 is 12.6. The summed E-state index contributed by atoms with van der Waals surface area (Å²) in [5.41, 5.74) is 0.751. The Bertz CT molecular complexity index is 561. The van der Waals surface area contributed by atoms with Crippen LogP contribution in [0.5, 0.6) is 0 Å². The van der Waals surface area contributed by atoms with Gasteiger partial charge in [-0.3, -0.25) is 14.9 Å². The lowest BCUT2D eigenvalue weighted by molar-refractivity contribution is -0.138. The molecule has 2 unspecified atom stereocenters. The molecule has 1 heterocycles. The summed E-state index contributed by atoms with van der Waals surface area (Å²) in [7, 11) is 0. The van der Waals surface area contributed by atoms with Crippen molar-refractivity contribution in [2.24, 2.45) is 11.8 Å². The fourth-order valence-corrected chi connectivity index (χ4v) is 4.46. The minimum absolute atomic E-state index is 0.167. The van der Waals surface area contributed by atoms with E-state index in [2.05, 4.69) is 5.32 Å². The first kappa shape index (κ1) is 14.9. The molecule has 1 aliphatic heterocycles. The Labute approximate surface area is 134 Å². The van der Waals surface area contributed by atoms with E-state index >= 15 is 0 Å². The number of piperidine rings is 1. The summed E-state index contributed by atoms with van der Waals surface area (Å²) in [5.74, 6) is -0.511. The normalized spacial score (nSPS) is 27.0. The Morgan fingerprint density at radius 3 is 2.29 bits per heavy atom. The van der Waals surface area contributed by atoms with Gasteiger partial charge in [0.25, 0.3) is 0 Å². The number of hydrogen-bond acceptors (Lipinski definition) is 2. The molecule has 1 saturated carbocycles. The molecule has 0 bridgehead atoms. The van der Waals surface area contributed by atoms with Crippen molar-refractivity contribution in [2.75, 3.05) is 0 Å². The molecule has 1 aromatic carbocycles.